The number of benzene rings is 1. The van der Waals surface area contributed by atoms with E-state index < -0.39 is 0 Å². The molecule has 1 saturated carbocycles. The van der Waals surface area contributed by atoms with Crippen LogP contribution in [0.15, 0.2) is 22.7 Å². The Kier molecular flexibility index (Phi) is 3.42. The molecule has 1 fully saturated rings. The van der Waals surface area contributed by atoms with Gasteiger partial charge in [-0.15, -0.1) is 0 Å². The molecule has 0 spiro atoms. The summed E-state index contributed by atoms with van der Waals surface area (Å²) in [7, 11) is 0. The zero-order valence-electron chi connectivity index (χ0n) is 11.7. The minimum Gasteiger partial charge on any atom is -0.341 e. The van der Waals surface area contributed by atoms with E-state index in [1.807, 2.05) is 0 Å². The van der Waals surface area contributed by atoms with Crippen LogP contribution in [0.5, 0.6) is 0 Å². The number of aromatic amines is 1. The molecule has 0 bridgehead atoms. The fraction of sp³-hybridized carbons (Fsp3) is 0.562. The van der Waals surface area contributed by atoms with Gasteiger partial charge < -0.3 is 4.98 Å². The average molecular weight is 321 g/mol. The molecule has 3 rings (SSSR count). The highest BCUT2D eigenvalue weighted by molar-refractivity contribution is 9.10. The lowest BCUT2D eigenvalue weighted by Gasteiger charge is -2.28. The zero-order valence-corrected chi connectivity index (χ0v) is 13.3. The molecule has 0 radical (unpaired) electrons. The van der Waals surface area contributed by atoms with Crippen LogP contribution in [0.4, 0.5) is 0 Å². The minimum absolute atomic E-state index is 0.291. The Balaban J connectivity index is 2.05. The van der Waals surface area contributed by atoms with Crippen molar-refractivity contribution in [2.45, 2.75) is 51.4 Å². The molecule has 0 atom stereocenters. The Morgan fingerprint density at radius 3 is 2.74 bits per heavy atom. The van der Waals surface area contributed by atoms with Crippen LogP contribution in [-0.4, -0.2) is 9.97 Å². The monoisotopic (exact) mass is 320 g/mol. The van der Waals surface area contributed by atoms with Crippen molar-refractivity contribution in [2.75, 3.05) is 0 Å². The first-order chi connectivity index (χ1) is 9.09. The molecule has 1 N–H and O–H groups in total. The Labute approximate surface area is 123 Å². The van der Waals surface area contributed by atoms with Crippen LogP contribution in [0.2, 0.25) is 0 Å². The molecule has 1 aliphatic rings. The molecule has 1 aliphatic carbocycles. The molecule has 102 valence electrons. The summed E-state index contributed by atoms with van der Waals surface area (Å²) >= 11 is 3.53. The molecule has 0 amide bonds. The lowest BCUT2D eigenvalue weighted by atomic mass is 9.78. The Bertz CT molecular complexity index is 579. The first-order valence-electron chi connectivity index (χ1n) is 7.25. The van der Waals surface area contributed by atoms with Gasteiger partial charge in [-0.3, -0.25) is 0 Å². The smallest absolute Gasteiger partial charge is 0.113 e. The van der Waals surface area contributed by atoms with Gasteiger partial charge in [0.05, 0.1) is 11.0 Å². The average Bonchev–Trinajstić information content (AvgIpc) is 2.94. The lowest BCUT2D eigenvalue weighted by molar-refractivity contribution is 0.332. The summed E-state index contributed by atoms with van der Waals surface area (Å²) in [4.78, 5) is 8.47. The second-order valence-corrected chi connectivity index (χ2v) is 7.25. The SMILES string of the molecule is CC(C)CC1(c2nc3ccc(Br)cc3[nH]2)CCCC1. The molecule has 2 aromatic rings. The van der Waals surface area contributed by atoms with Gasteiger partial charge in [0.25, 0.3) is 0 Å². The molecule has 1 heterocycles. The summed E-state index contributed by atoms with van der Waals surface area (Å²) in [6.07, 6.45) is 6.49. The molecule has 0 unspecified atom stereocenters. The van der Waals surface area contributed by atoms with E-state index in [1.54, 1.807) is 0 Å². The number of imidazole rings is 1. The quantitative estimate of drug-likeness (QED) is 0.829. The summed E-state index contributed by atoms with van der Waals surface area (Å²) in [5.41, 5.74) is 2.53. The van der Waals surface area contributed by atoms with Crippen molar-refractivity contribution in [1.29, 1.82) is 0 Å². The number of hydrogen-bond donors (Lipinski definition) is 1. The predicted octanol–water partition coefficient (Wildman–Crippen LogP) is 5.18. The summed E-state index contributed by atoms with van der Waals surface area (Å²) in [6, 6.07) is 6.29. The number of hydrogen-bond acceptors (Lipinski definition) is 1. The third-order valence-electron chi connectivity index (χ3n) is 4.31. The fourth-order valence-corrected chi connectivity index (χ4v) is 3.96. The molecule has 1 aromatic heterocycles. The maximum Gasteiger partial charge on any atom is 0.113 e. The molecular weight excluding hydrogens is 300 g/mol. The van der Waals surface area contributed by atoms with Crippen molar-refractivity contribution >= 4 is 27.0 Å². The van der Waals surface area contributed by atoms with E-state index in [9.17, 15) is 0 Å². The normalized spacial score (nSPS) is 18.5. The van der Waals surface area contributed by atoms with Crippen LogP contribution in [0, 0.1) is 5.92 Å². The van der Waals surface area contributed by atoms with Gasteiger partial charge in [0, 0.05) is 9.89 Å². The summed E-state index contributed by atoms with van der Waals surface area (Å²) in [6.45, 7) is 4.64. The molecule has 0 aliphatic heterocycles. The molecule has 0 saturated heterocycles. The molecular formula is C16H21BrN2. The Morgan fingerprint density at radius 1 is 1.32 bits per heavy atom. The molecule has 2 nitrogen and oxygen atoms in total. The van der Waals surface area contributed by atoms with E-state index in [4.69, 9.17) is 4.98 Å². The highest BCUT2D eigenvalue weighted by Gasteiger charge is 2.38. The van der Waals surface area contributed by atoms with Gasteiger partial charge in [-0.05, 0) is 43.4 Å². The van der Waals surface area contributed by atoms with Crippen molar-refractivity contribution in [3.63, 3.8) is 0 Å². The van der Waals surface area contributed by atoms with Crippen molar-refractivity contribution in [2.24, 2.45) is 5.92 Å². The summed E-state index contributed by atoms with van der Waals surface area (Å²) in [5.74, 6) is 1.94. The second kappa shape index (κ2) is 4.93. The van der Waals surface area contributed by atoms with Gasteiger partial charge >= 0.3 is 0 Å². The number of H-pyrrole nitrogens is 1. The van der Waals surface area contributed by atoms with Gasteiger partial charge in [-0.25, -0.2) is 4.98 Å². The third kappa shape index (κ3) is 2.45. The zero-order chi connectivity index (χ0) is 13.5. The van der Waals surface area contributed by atoms with Gasteiger partial charge in [0.2, 0.25) is 0 Å². The molecule has 3 heteroatoms. The van der Waals surface area contributed by atoms with E-state index in [1.165, 1.54) is 37.9 Å². The van der Waals surface area contributed by atoms with Crippen molar-refractivity contribution in [3.8, 4) is 0 Å². The number of rotatable bonds is 3. The van der Waals surface area contributed by atoms with Gasteiger partial charge in [0.15, 0.2) is 0 Å². The van der Waals surface area contributed by atoms with Crippen molar-refractivity contribution < 1.29 is 0 Å². The number of aromatic nitrogens is 2. The van der Waals surface area contributed by atoms with Crippen LogP contribution in [0.1, 0.15) is 51.8 Å². The van der Waals surface area contributed by atoms with E-state index >= 15 is 0 Å². The van der Waals surface area contributed by atoms with Crippen LogP contribution in [-0.2, 0) is 5.41 Å². The van der Waals surface area contributed by atoms with E-state index in [0.717, 1.165) is 21.4 Å². The molecule has 1 aromatic carbocycles. The van der Waals surface area contributed by atoms with Crippen molar-refractivity contribution in [1.82, 2.24) is 9.97 Å². The van der Waals surface area contributed by atoms with Crippen LogP contribution >= 0.6 is 15.9 Å². The van der Waals surface area contributed by atoms with Crippen molar-refractivity contribution in [3.05, 3.63) is 28.5 Å². The maximum atomic E-state index is 4.88. The number of halogens is 1. The topological polar surface area (TPSA) is 28.7 Å². The van der Waals surface area contributed by atoms with Gasteiger partial charge in [-0.2, -0.15) is 0 Å². The number of nitrogens with zero attached hydrogens (tertiary/aromatic N) is 1. The number of nitrogens with one attached hydrogen (secondary N) is 1. The Morgan fingerprint density at radius 2 is 2.05 bits per heavy atom. The van der Waals surface area contributed by atoms with E-state index in [-0.39, 0.29) is 0 Å². The second-order valence-electron chi connectivity index (χ2n) is 6.33. The van der Waals surface area contributed by atoms with Crippen LogP contribution < -0.4 is 0 Å². The van der Waals surface area contributed by atoms with Crippen LogP contribution in [0.3, 0.4) is 0 Å². The first-order valence-corrected chi connectivity index (χ1v) is 8.04. The first kappa shape index (κ1) is 13.2. The maximum absolute atomic E-state index is 4.88. The highest BCUT2D eigenvalue weighted by atomic mass is 79.9. The lowest BCUT2D eigenvalue weighted by Crippen LogP contribution is -2.25. The minimum atomic E-state index is 0.291. The fourth-order valence-electron chi connectivity index (χ4n) is 3.60. The number of fused-ring (bicyclic) bond motifs is 1. The Hall–Kier alpha value is -0.830. The predicted molar refractivity (Wildman–Crippen MR) is 83.4 cm³/mol. The van der Waals surface area contributed by atoms with Gasteiger partial charge in [-0.1, -0.05) is 42.6 Å². The van der Waals surface area contributed by atoms with Crippen LogP contribution in [0.25, 0.3) is 11.0 Å². The third-order valence-corrected chi connectivity index (χ3v) is 4.80. The molecule has 19 heavy (non-hydrogen) atoms. The largest absolute Gasteiger partial charge is 0.341 e. The summed E-state index contributed by atoms with van der Waals surface area (Å²) < 4.78 is 1.11. The summed E-state index contributed by atoms with van der Waals surface area (Å²) in [5, 5.41) is 0. The standard InChI is InChI=1S/C16H21BrN2/c1-11(2)10-16(7-3-4-8-16)15-18-13-6-5-12(17)9-14(13)19-15/h5-6,9,11H,3-4,7-8,10H2,1-2H3,(H,18,19). The van der Waals surface area contributed by atoms with E-state index in [0.29, 0.717) is 5.41 Å². The van der Waals surface area contributed by atoms with E-state index in [2.05, 4.69) is 53.0 Å². The van der Waals surface area contributed by atoms with Gasteiger partial charge in [0.1, 0.15) is 5.82 Å². The highest BCUT2D eigenvalue weighted by Crippen LogP contribution is 2.44.